The molecule has 7 nitrogen and oxygen atoms in total. The SMILES string of the molecule is COc1ccc(C(=O)Cn2c(CN(C)C)nc3sc4c(c3c2=O)CCC(C)C4)c(OC)c1. The number of Topliss-reactive ketones (excluding diaryl/α,β-unsaturated/α-hetero) is 1. The van der Waals surface area contributed by atoms with E-state index in [-0.39, 0.29) is 17.9 Å². The molecular weight excluding hydrogens is 426 g/mol. The molecule has 0 saturated carbocycles. The first kappa shape index (κ1) is 22.5. The summed E-state index contributed by atoms with van der Waals surface area (Å²) in [5, 5.41) is 0.689. The Morgan fingerprint density at radius 2 is 2.06 bits per heavy atom. The zero-order chi connectivity index (χ0) is 23.0. The number of rotatable bonds is 7. The van der Waals surface area contributed by atoms with Crippen molar-refractivity contribution in [3.05, 3.63) is 50.4 Å². The lowest BCUT2D eigenvalue weighted by molar-refractivity contribution is 0.0965. The Morgan fingerprint density at radius 1 is 1.28 bits per heavy atom. The number of hydrogen-bond donors (Lipinski definition) is 0. The Labute approximate surface area is 191 Å². The number of benzene rings is 1. The van der Waals surface area contributed by atoms with Gasteiger partial charge in [-0.2, -0.15) is 0 Å². The van der Waals surface area contributed by atoms with Crippen molar-refractivity contribution in [1.82, 2.24) is 14.5 Å². The molecule has 1 atom stereocenters. The molecule has 2 aromatic heterocycles. The van der Waals surface area contributed by atoms with E-state index in [4.69, 9.17) is 14.5 Å². The molecule has 1 aliphatic carbocycles. The van der Waals surface area contributed by atoms with E-state index in [1.807, 2.05) is 19.0 Å². The van der Waals surface area contributed by atoms with Crippen molar-refractivity contribution in [1.29, 1.82) is 0 Å². The van der Waals surface area contributed by atoms with Crippen LogP contribution in [-0.4, -0.2) is 48.5 Å². The lowest BCUT2D eigenvalue weighted by atomic mass is 9.89. The molecule has 1 aliphatic rings. The average Bonchev–Trinajstić information content (AvgIpc) is 3.12. The van der Waals surface area contributed by atoms with Crippen LogP contribution in [0.5, 0.6) is 11.5 Å². The molecule has 1 unspecified atom stereocenters. The summed E-state index contributed by atoms with van der Waals surface area (Å²) < 4.78 is 12.2. The Balaban J connectivity index is 1.81. The van der Waals surface area contributed by atoms with Gasteiger partial charge in [-0.15, -0.1) is 11.3 Å². The lowest BCUT2D eigenvalue weighted by Gasteiger charge is -2.18. The zero-order valence-electron chi connectivity index (χ0n) is 19.2. The van der Waals surface area contributed by atoms with Crippen molar-refractivity contribution in [2.24, 2.45) is 5.92 Å². The van der Waals surface area contributed by atoms with Gasteiger partial charge in [-0.05, 0) is 57.0 Å². The summed E-state index contributed by atoms with van der Waals surface area (Å²) in [5.41, 5.74) is 1.41. The summed E-state index contributed by atoms with van der Waals surface area (Å²) >= 11 is 1.63. The number of nitrogens with zero attached hydrogens (tertiary/aromatic N) is 3. The third-order valence-electron chi connectivity index (χ3n) is 5.96. The number of methoxy groups -OCH3 is 2. The fourth-order valence-corrected chi connectivity index (χ4v) is 5.68. The highest BCUT2D eigenvalue weighted by Crippen LogP contribution is 2.36. The fraction of sp³-hybridized carbons (Fsp3) is 0.458. The Bertz CT molecular complexity index is 1230. The van der Waals surface area contributed by atoms with Crippen LogP contribution in [0.15, 0.2) is 23.0 Å². The minimum atomic E-state index is -0.203. The van der Waals surface area contributed by atoms with Crippen LogP contribution in [0.1, 0.15) is 40.0 Å². The highest BCUT2D eigenvalue weighted by atomic mass is 32.1. The molecular formula is C24H29N3O4S. The van der Waals surface area contributed by atoms with Crippen LogP contribution in [-0.2, 0) is 25.9 Å². The number of ketones is 1. The van der Waals surface area contributed by atoms with E-state index in [0.717, 1.165) is 29.7 Å². The smallest absolute Gasteiger partial charge is 0.263 e. The zero-order valence-corrected chi connectivity index (χ0v) is 20.0. The molecule has 8 heteroatoms. The third kappa shape index (κ3) is 4.17. The number of aryl methyl sites for hydroxylation is 1. The summed E-state index contributed by atoms with van der Waals surface area (Å²) in [4.78, 5) is 35.8. The summed E-state index contributed by atoms with van der Waals surface area (Å²) in [7, 11) is 6.93. The molecule has 0 radical (unpaired) electrons. The van der Waals surface area contributed by atoms with Crippen LogP contribution in [0.4, 0.5) is 0 Å². The van der Waals surface area contributed by atoms with Crippen LogP contribution < -0.4 is 15.0 Å². The van der Waals surface area contributed by atoms with Crippen molar-refractivity contribution in [3.63, 3.8) is 0 Å². The summed E-state index contributed by atoms with van der Waals surface area (Å²) in [5.74, 6) is 2.03. The maximum absolute atomic E-state index is 13.7. The molecule has 0 aliphatic heterocycles. The van der Waals surface area contributed by atoms with E-state index in [2.05, 4.69) is 6.92 Å². The maximum atomic E-state index is 13.7. The van der Waals surface area contributed by atoms with E-state index in [1.165, 1.54) is 12.0 Å². The molecule has 0 N–H and O–H groups in total. The quantitative estimate of drug-likeness (QED) is 0.508. The molecule has 32 heavy (non-hydrogen) atoms. The number of carbonyl (C=O) groups is 1. The van der Waals surface area contributed by atoms with Gasteiger partial charge in [-0.3, -0.25) is 14.2 Å². The van der Waals surface area contributed by atoms with Crippen LogP contribution in [0.2, 0.25) is 0 Å². The van der Waals surface area contributed by atoms with Crippen molar-refractivity contribution in [3.8, 4) is 11.5 Å². The Morgan fingerprint density at radius 3 is 2.75 bits per heavy atom. The van der Waals surface area contributed by atoms with Crippen LogP contribution in [0.3, 0.4) is 0 Å². The standard InChI is InChI=1S/C24H29N3O4S/c1-14-6-8-17-20(10-14)32-23-22(17)24(29)27(21(25-23)13-26(2)3)12-18(28)16-9-7-15(30-4)11-19(16)31-5/h7,9,11,14H,6,8,10,12-13H2,1-5H3. The van der Waals surface area contributed by atoms with E-state index in [9.17, 15) is 9.59 Å². The number of hydrogen-bond acceptors (Lipinski definition) is 7. The molecule has 0 saturated heterocycles. The Kier molecular flexibility index (Phi) is 6.35. The van der Waals surface area contributed by atoms with Gasteiger partial charge in [-0.25, -0.2) is 4.98 Å². The van der Waals surface area contributed by atoms with Crippen molar-refractivity contribution in [2.75, 3.05) is 28.3 Å². The summed E-state index contributed by atoms with van der Waals surface area (Å²) in [6.45, 7) is 2.63. The number of carbonyl (C=O) groups excluding carboxylic acids is 1. The first-order chi connectivity index (χ1) is 15.3. The highest BCUT2D eigenvalue weighted by molar-refractivity contribution is 7.18. The normalized spacial score (nSPS) is 15.8. The van der Waals surface area contributed by atoms with E-state index in [0.29, 0.717) is 40.7 Å². The number of thiophene rings is 1. The number of aromatic nitrogens is 2. The molecule has 0 bridgehead atoms. The summed E-state index contributed by atoms with van der Waals surface area (Å²) in [6, 6.07) is 5.07. The predicted octanol–water partition coefficient (Wildman–Crippen LogP) is 3.54. The third-order valence-corrected chi connectivity index (χ3v) is 7.11. The molecule has 0 spiro atoms. The van der Waals surface area contributed by atoms with E-state index < -0.39 is 0 Å². The van der Waals surface area contributed by atoms with Gasteiger partial charge in [0.05, 0.1) is 38.3 Å². The van der Waals surface area contributed by atoms with Gasteiger partial charge in [0.25, 0.3) is 5.56 Å². The molecule has 0 fully saturated rings. The minimum Gasteiger partial charge on any atom is -0.497 e. The highest BCUT2D eigenvalue weighted by Gasteiger charge is 2.26. The molecule has 0 amide bonds. The summed E-state index contributed by atoms with van der Waals surface area (Å²) in [6.07, 6.45) is 2.95. The van der Waals surface area contributed by atoms with Crippen molar-refractivity contribution >= 4 is 27.3 Å². The van der Waals surface area contributed by atoms with Crippen molar-refractivity contribution in [2.45, 2.75) is 39.3 Å². The van der Waals surface area contributed by atoms with Gasteiger partial charge in [-0.1, -0.05) is 6.92 Å². The minimum absolute atomic E-state index is 0.0886. The van der Waals surface area contributed by atoms with Crippen LogP contribution in [0.25, 0.3) is 10.2 Å². The second-order valence-electron chi connectivity index (χ2n) is 8.68. The molecule has 3 aromatic rings. The van der Waals surface area contributed by atoms with Crippen LogP contribution >= 0.6 is 11.3 Å². The first-order valence-electron chi connectivity index (χ1n) is 10.8. The second kappa shape index (κ2) is 9.03. The molecule has 4 rings (SSSR count). The fourth-order valence-electron chi connectivity index (χ4n) is 4.29. The van der Waals surface area contributed by atoms with Gasteiger partial charge >= 0.3 is 0 Å². The molecule has 2 heterocycles. The maximum Gasteiger partial charge on any atom is 0.263 e. The Hall–Kier alpha value is -2.71. The van der Waals surface area contributed by atoms with Gasteiger partial charge in [0, 0.05) is 10.9 Å². The van der Waals surface area contributed by atoms with E-state index >= 15 is 0 Å². The first-order valence-corrected chi connectivity index (χ1v) is 11.6. The predicted molar refractivity (Wildman–Crippen MR) is 126 cm³/mol. The lowest BCUT2D eigenvalue weighted by Crippen LogP contribution is -2.31. The second-order valence-corrected chi connectivity index (χ2v) is 9.76. The number of ether oxygens (including phenoxy) is 2. The molecule has 1 aromatic carbocycles. The van der Waals surface area contributed by atoms with Gasteiger partial charge in [0.1, 0.15) is 22.2 Å². The topological polar surface area (TPSA) is 73.7 Å². The largest absolute Gasteiger partial charge is 0.497 e. The van der Waals surface area contributed by atoms with Gasteiger partial charge in [0.2, 0.25) is 0 Å². The number of fused-ring (bicyclic) bond motifs is 3. The van der Waals surface area contributed by atoms with E-state index in [1.54, 1.807) is 41.2 Å². The van der Waals surface area contributed by atoms with Gasteiger partial charge in [0.15, 0.2) is 5.78 Å². The average molecular weight is 456 g/mol. The van der Waals surface area contributed by atoms with Gasteiger partial charge < -0.3 is 14.4 Å². The molecule has 170 valence electrons. The van der Waals surface area contributed by atoms with Crippen LogP contribution in [0, 0.1) is 5.92 Å². The van der Waals surface area contributed by atoms with Crippen molar-refractivity contribution < 1.29 is 14.3 Å². The monoisotopic (exact) mass is 455 g/mol.